The fourth-order valence-corrected chi connectivity index (χ4v) is 6.24. The van der Waals surface area contributed by atoms with E-state index >= 15 is 0 Å². The van der Waals surface area contributed by atoms with Gasteiger partial charge in [0.1, 0.15) is 4.83 Å². The van der Waals surface area contributed by atoms with Crippen LogP contribution in [0.1, 0.15) is 60.9 Å². The Balaban J connectivity index is 1.37. The van der Waals surface area contributed by atoms with Gasteiger partial charge in [-0.05, 0) is 37.7 Å². The number of nitrogens with zero attached hydrogens (tertiary/aromatic N) is 4. The molecule has 6 nitrogen and oxygen atoms in total. The normalized spacial score (nSPS) is 20.7. The molecule has 0 spiro atoms. The summed E-state index contributed by atoms with van der Waals surface area (Å²) in [4.78, 5) is 20.1. The number of thiophene rings is 1. The third-order valence-corrected chi connectivity index (χ3v) is 7.64. The van der Waals surface area contributed by atoms with E-state index in [0.717, 1.165) is 35.0 Å². The number of fused-ring (bicyclic) bond motifs is 3. The maximum Gasteiger partial charge on any atom is 0.262 e. The van der Waals surface area contributed by atoms with E-state index in [0.29, 0.717) is 18.6 Å². The monoisotopic (exact) mass is 411 g/mol. The smallest absolute Gasteiger partial charge is 0.262 e. The molecule has 0 aromatic carbocycles. The molecule has 3 aromatic rings. The van der Waals surface area contributed by atoms with Crippen molar-refractivity contribution in [1.29, 1.82) is 0 Å². The first kappa shape index (κ1) is 19.0. The molecule has 1 unspecified atom stereocenters. The van der Waals surface area contributed by atoms with Crippen molar-refractivity contribution in [2.45, 2.75) is 76.4 Å². The SMILES string of the molecule is Cn1cc(Cn2cnc3sc4c(c3c2=O)CCC(NC2CCCCCC2)C4)cn1. The number of aromatic nitrogens is 4. The molecule has 1 fully saturated rings. The Bertz CT molecular complexity index is 1060. The highest BCUT2D eigenvalue weighted by Gasteiger charge is 2.27. The molecule has 0 bridgehead atoms. The third kappa shape index (κ3) is 3.90. The van der Waals surface area contributed by atoms with E-state index in [4.69, 9.17) is 0 Å². The maximum atomic E-state index is 13.2. The highest BCUT2D eigenvalue weighted by Crippen LogP contribution is 2.34. The van der Waals surface area contributed by atoms with Crippen LogP contribution in [0, 0.1) is 0 Å². The van der Waals surface area contributed by atoms with Crippen molar-refractivity contribution in [1.82, 2.24) is 24.6 Å². The lowest BCUT2D eigenvalue weighted by Gasteiger charge is -2.28. The molecule has 7 heteroatoms. The molecule has 0 aliphatic heterocycles. The van der Waals surface area contributed by atoms with E-state index in [1.807, 2.05) is 19.4 Å². The Hall–Kier alpha value is -1.99. The molecule has 29 heavy (non-hydrogen) atoms. The van der Waals surface area contributed by atoms with Gasteiger partial charge in [0.05, 0.1) is 24.5 Å². The van der Waals surface area contributed by atoms with Gasteiger partial charge in [0.15, 0.2) is 0 Å². The van der Waals surface area contributed by atoms with Crippen LogP contribution in [-0.2, 0) is 26.4 Å². The second-order valence-electron chi connectivity index (χ2n) is 8.68. The Kier molecular flexibility index (Phi) is 5.26. The number of hydrogen-bond acceptors (Lipinski definition) is 5. The number of rotatable bonds is 4. The van der Waals surface area contributed by atoms with Gasteiger partial charge in [-0.3, -0.25) is 14.0 Å². The first-order valence-corrected chi connectivity index (χ1v) is 11.7. The van der Waals surface area contributed by atoms with Crippen LogP contribution < -0.4 is 10.9 Å². The molecule has 1 saturated carbocycles. The zero-order valence-electron chi connectivity index (χ0n) is 17.1. The van der Waals surface area contributed by atoms with Crippen LogP contribution in [0.3, 0.4) is 0 Å². The van der Waals surface area contributed by atoms with Crippen molar-refractivity contribution >= 4 is 21.6 Å². The van der Waals surface area contributed by atoms with Crippen LogP contribution in [0.2, 0.25) is 0 Å². The van der Waals surface area contributed by atoms with Gasteiger partial charge in [-0.1, -0.05) is 25.7 Å². The Morgan fingerprint density at radius 3 is 2.76 bits per heavy atom. The van der Waals surface area contributed by atoms with Crippen LogP contribution in [0.4, 0.5) is 0 Å². The fourth-order valence-electron chi connectivity index (χ4n) is 4.99. The average Bonchev–Trinajstić information content (AvgIpc) is 3.19. The van der Waals surface area contributed by atoms with Crippen molar-refractivity contribution in [3.63, 3.8) is 0 Å². The van der Waals surface area contributed by atoms with Crippen LogP contribution in [0.15, 0.2) is 23.5 Å². The third-order valence-electron chi connectivity index (χ3n) is 6.47. The molecule has 1 N–H and O–H groups in total. The molecule has 1 atom stereocenters. The summed E-state index contributed by atoms with van der Waals surface area (Å²) in [5.74, 6) is 0. The molecule has 154 valence electrons. The minimum atomic E-state index is 0.0894. The number of aryl methyl sites for hydroxylation is 2. The average molecular weight is 412 g/mol. The molecular weight excluding hydrogens is 382 g/mol. The largest absolute Gasteiger partial charge is 0.311 e. The molecular formula is C22H29N5OS. The van der Waals surface area contributed by atoms with E-state index in [9.17, 15) is 4.79 Å². The Labute approximate surface area is 175 Å². The van der Waals surface area contributed by atoms with Gasteiger partial charge in [-0.15, -0.1) is 11.3 Å². The molecule has 3 aromatic heterocycles. The fraction of sp³-hybridized carbons (Fsp3) is 0.591. The second kappa shape index (κ2) is 8.03. The standard InChI is InChI=1S/C22H29N5OS/c1-26-12-15(11-24-26)13-27-14-23-21-20(22(27)28)18-9-8-17(10-19(18)29-21)25-16-6-4-2-3-5-7-16/h11-12,14,16-17,25H,2-10,13H2,1H3. The molecule has 2 aliphatic carbocycles. The van der Waals surface area contributed by atoms with Crippen LogP contribution in [0.5, 0.6) is 0 Å². The lowest BCUT2D eigenvalue weighted by molar-refractivity contribution is 0.369. The summed E-state index contributed by atoms with van der Waals surface area (Å²) in [6.45, 7) is 0.520. The van der Waals surface area contributed by atoms with E-state index in [1.54, 1.807) is 26.9 Å². The van der Waals surface area contributed by atoms with Gasteiger partial charge in [0.2, 0.25) is 0 Å². The zero-order chi connectivity index (χ0) is 19.8. The number of hydrogen-bond donors (Lipinski definition) is 1. The van der Waals surface area contributed by atoms with Gasteiger partial charge in [-0.25, -0.2) is 4.98 Å². The Morgan fingerprint density at radius 2 is 2.00 bits per heavy atom. The van der Waals surface area contributed by atoms with Gasteiger partial charge >= 0.3 is 0 Å². The molecule has 5 rings (SSSR count). The van der Waals surface area contributed by atoms with Gasteiger partial charge < -0.3 is 5.32 Å². The van der Waals surface area contributed by atoms with Gasteiger partial charge in [0, 0.05) is 35.8 Å². The first-order valence-electron chi connectivity index (χ1n) is 10.9. The lowest BCUT2D eigenvalue weighted by Crippen LogP contribution is -2.41. The summed E-state index contributed by atoms with van der Waals surface area (Å²) in [5, 5.41) is 8.99. The maximum absolute atomic E-state index is 13.2. The lowest BCUT2D eigenvalue weighted by atomic mass is 9.92. The minimum absolute atomic E-state index is 0.0894. The molecule has 3 heterocycles. The van der Waals surface area contributed by atoms with Gasteiger partial charge in [0.25, 0.3) is 5.56 Å². The van der Waals surface area contributed by atoms with Crippen LogP contribution in [0.25, 0.3) is 10.2 Å². The van der Waals surface area contributed by atoms with Crippen molar-refractivity contribution in [2.24, 2.45) is 7.05 Å². The predicted molar refractivity (Wildman–Crippen MR) is 117 cm³/mol. The van der Waals surface area contributed by atoms with Crippen molar-refractivity contribution in [3.05, 3.63) is 45.1 Å². The molecule has 0 amide bonds. The topological polar surface area (TPSA) is 64.7 Å². The second-order valence-corrected chi connectivity index (χ2v) is 9.76. The summed E-state index contributed by atoms with van der Waals surface area (Å²) < 4.78 is 3.49. The van der Waals surface area contributed by atoms with E-state index in [2.05, 4.69) is 15.4 Å². The van der Waals surface area contributed by atoms with Crippen molar-refractivity contribution in [2.75, 3.05) is 0 Å². The number of nitrogens with one attached hydrogen (secondary N) is 1. The minimum Gasteiger partial charge on any atom is -0.311 e. The highest BCUT2D eigenvalue weighted by molar-refractivity contribution is 7.18. The zero-order valence-corrected chi connectivity index (χ0v) is 17.9. The molecule has 2 aliphatic rings. The summed E-state index contributed by atoms with van der Waals surface area (Å²) in [6.07, 6.45) is 16.7. The van der Waals surface area contributed by atoms with Crippen molar-refractivity contribution < 1.29 is 0 Å². The van der Waals surface area contributed by atoms with Gasteiger partial charge in [-0.2, -0.15) is 5.10 Å². The summed E-state index contributed by atoms with van der Waals surface area (Å²) in [6, 6.07) is 1.21. The summed E-state index contributed by atoms with van der Waals surface area (Å²) >= 11 is 1.72. The predicted octanol–water partition coefficient (Wildman–Crippen LogP) is 3.41. The van der Waals surface area contributed by atoms with E-state index in [1.165, 1.54) is 49.0 Å². The molecule has 0 saturated heterocycles. The van der Waals surface area contributed by atoms with E-state index < -0.39 is 0 Å². The quantitative estimate of drug-likeness (QED) is 0.668. The Morgan fingerprint density at radius 1 is 1.17 bits per heavy atom. The summed E-state index contributed by atoms with van der Waals surface area (Å²) in [5.41, 5.74) is 2.36. The molecule has 0 radical (unpaired) electrons. The first-order chi connectivity index (χ1) is 14.2. The van der Waals surface area contributed by atoms with Crippen molar-refractivity contribution in [3.8, 4) is 0 Å². The summed E-state index contributed by atoms with van der Waals surface area (Å²) in [7, 11) is 1.89. The van der Waals surface area contributed by atoms with Crippen LogP contribution >= 0.6 is 11.3 Å². The van der Waals surface area contributed by atoms with E-state index in [-0.39, 0.29) is 5.56 Å². The highest BCUT2D eigenvalue weighted by atomic mass is 32.1. The van der Waals surface area contributed by atoms with Crippen LogP contribution in [-0.4, -0.2) is 31.4 Å².